The SMILES string of the molecule is CCNC1(CN)CCC(C)C1. The van der Waals surface area contributed by atoms with Gasteiger partial charge in [-0.05, 0) is 31.7 Å². The first-order valence-electron chi connectivity index (χ1n) is 4.67. The van der Waals surface area contributed by atoms with Gasteiger partial charge in [0.05, 0.1) is 0 Å². The lowest BCUT2D eigenvalue weighted by atomic mass is 9.96. The topological polar surface area (TPSA) is 38.0 Å². The molecule has 0 aromatic rings. The van der Waals surface area contributed by atoms with E-state index >= 15 is 0 Å². The zero-order chi connectivity index (χ0) is 8.32. The minimum Gasteiger partial charge on any atom is -0.329 e. The zero-order valence-corrected chi connectivity index (χ0v) is 7.69. The van der Waals surface area contributed by atoms with Gasteiger partial charge in [0, 0.05) is 12.1 Å². The van der Waals surface area contributed by atoms with E-state index in [9.17, 15) is 0 Å². The summed E-state index contributed by atoms with van der Waals surface area (Å²) in [6.45, 7) is 6.31. The van der Waals surface area contributed by atoms with E-state index in [1.165, 1.54) is 19.3 Å². The lowest BCUT2D eigenvalue weighted by Gasteiger charge is -2.28. The minimum absolute atomic E-state index is 0.286. The van der Waals surface area contributed by atoms with Gasteiger partial charge in [-0.25, -0.2) is 0 Å². The molecule has 2 unspecified atom stereocenters. The molecular formula is C9H20N2. The van der Waals surface area contributed by atoms with Crippen LogP contribution in [0.2, 0.25) is 0 Å². The third kappa shape index (κ3) is 1.94. The molecule has 1 fully saturated rings. The number of nitrogens with one attached hydrogen (secondary N) is 1. The second-order valence-corrected chi connectivity index (χ2v) is 3.86. The van der Waals surface area contributed by atoms with Gasteiger partial charge in [0.1, 0.15) is 0 Å². The van der Waals surface area contributed by atoms with E-state index in [2.05, 4.69) is 19.2 Å². The molecule has 0 radical (unpaired) electrons. The lowest BCUT2D eigenvalue weighted by Crippen LogP contribution is -2.49. The van der Waals surface area contributed by atoms with Crippen LogP contribution in [-0.2, 0) is 0 Å². The standard InChI is InChI=1S/C9H20N2/c1-3-11-9(7-10)5-4-8(2)6-9/h8,11H,3-7,10H2,1-2H3. The maximum Gasteiger partial charge on any atom is 0.0306 e. The van der Waals surface area contributed by atoms with Crippen LogP contribution in [0.1, 0.15) is 33.1 Å². The van der Waals surface area contributed by atoms with Gasteiger partial charge in [0.2, 0.25) is 0 Å². The fourth-order valence-corrected chi connectivity index (χ4v) is 2.19. The molecule has 0 aliphatic heterocycles. The maximum absolute atomic E-state index is 5.75. The average Bonchev–Trinajstić information content (AvgIpc) is 2.34. The molecule has 11 heavy (non-hydrogen) atoms. The Morgan fingerprint density at radius 1 is 1.64 bits per heavy atom. The Bertz CT molecular complexity index is 121. The number of nitrogens with two attached hydrogens (primary N) is 1. The van der Waals surface area contributed by atoms with Crippen LogP contribution in [0, 0.1) is 5.92 Å². The summed E-state index contributed by atoms with van der Waals surface area (Å²) in [4.78, 5) is 0. The molecule has 1 saturated carbocycles. The van der Waals surface area contributed by atoms with Crippen molar-refractivity contribution in [3.63, 3.8) is 0 Å². The van der Waals surface area contributed by atoms with Crippen LogP contribution in [0.5, 0.6) is 0 Å². The van der Waals surface area contributed by atoms with Crippen LogP contribution in [0.4, 0.5) is 0 Å². The molecule has 1 aliphatic carbocycles. The van der Waals surface area contributed by atoms with Gasteiger partial charge in [-0.15, -0.1) is 0 Å². The number of rotatable bonds is 3. The Morgan fingerprint density at radius 2 is 2.36 bits per heavy atom. The van der Waals surface area contributed by atoms with Crippen molar-refractivity contribution in [2.24, 2.45) is 11.7 Å². The van der Waals surface area contributed by atoms with Gasteiger partial charge in [0.15, 0.2) is 0 Å². The number of hydrogen-bond donors (Lipinski definition) is 2. The summed E-state index contributed by atoms with van der Waals surface area (Å²) in [5.41, 5.74) is 6.04. The molecule has 0 saturated heterocycles. The van der Waals surface area contributed by atoms with Crippen molar-refractivity contribution in [3.05, 3.63) is 0 Å². The van der Waals surface area contributed by atoms with Crippen molar-refractivity contribution < 1.29 is 0 Å². The Morgan fingerprint density at radius 3 is 2.73 bits per heavy atom. The van der Waals surface area contributed by atoms with Crippen molar-refractivity contribution >= 4 is 0 Å². The summed E-state index contributed by atoms with van der Waals surface area (Å²) in [5.74, 6) is 0.859. The molecule has 0 aromatic heterocycles. The molecule has 1 aliphatic rings. The summed E-state index contributed by atoms with van der Waals surface area (Å²) in [6, 6.07) is 0. The van der Waals surface area contributed by atoms with E-state index in [4.69, 9.17) is 5.73 Å². The second kappa shape index (κ2) is 3.55. The first-order valence-corrected chi connectivity index (χ1v) is 4.67. The molecule has 2 heteroatoms. The molecule has 0 amide bonds. The van der Waals surface area contributed by atoms with Gasteiger partial charge in [-0.1, -0.05) is 13.8 Å². The average molecular weight is 156 g/mol. The van der Waals surface area contributed by atoms with Crippen LogP contribution in [-0.4, -0.2) is 18.6 Å². The monoisotopic (exact) mass is 156 g/mol. The third-order valence-electron chi connectivity index (χ3n) is 2.80. The quantitative estimate of drug-likeness (QED) is 0.642. The summed E-state index contributed by atoms with van der Waals surface area (Å²) < 4.78 is 0. The fourth-order valence-electron chi connectivity index (χ4n) is 2.19. The van der Waals surface area contributed by atoms with Crippen LogP contribution < -0.4 is 11.1 Å². The van der Waals surface area contributed by atoms with E-state index in [1.807, 2.05) is 0 Å². The normalized spacial score (nSPS) is 37.9. The fraction of sp³-hybridized carbons (Fsp3) is 1.00. The van der Waals surface area contributed by atoms with Crippen molar-refractivity contribution in [2.45, 2.75) is 38.6 Å². The van der Waals surface area contributed by atoms with Crippen molar-refractivity contribution in [3.8, 4) is 0 Å². The van der Waals surface area contributed by atoms with Crippen molar-refractivity contribution in [1.29, 1.82) is 0 Å². The van der Waals surface area contributed by atoms with E-state index in [0.29, 0.717) is 0 Å². The first-order chi connectivity index (χ1) is 5.22. The zero-order valence-electron chi connectivity index (χ0n) is 7.69. The molecule has 3 N–H and O–H groups in total. The Hall–Kier alpha value is -0.0800. The molecule has 0 heterocycles. The van der Waals surface area contributed by atoms with Gasteiger partial charge in [-0.2, -0.15) is 0 Å². The highest BCUT2D eigenvalue weighted by Gasteiger charge is 2.34. The predicted molar refractivity (Wildman–Crippen MR) is 48.5 cm³/mol. The molecule has 1 rings (SSSR count). The Labute approximate surface area is 69.5 Å². The Kier molecular flexibility index (Phi) is 2.90. The molecule has 2 atom stereocenters. The summed E-state index contributed by atoms with van der Waals surface area (Å²) >= 11 is 0. The van der Waals surface area contributed by atoms with E-state index < -0.39 is 0 Å². The van der Waals surface area contributed by atoms with E-state index in [0.717, 1.165) is 19.0 Å². The van der Waals surface area contributed by atoms with Crippen LogP contribution >= 0.6 is 0 Å². The first kappa shape index (κ1) is 9.01. The minimum atomic E-state index is 0.286. The smallest absolute Gasteiger partial charge is 0.0306 e. The highest BCUT2D eigenvalue weighted by atomic mass is 15.0. The van der Waals surface area contributed by atoms with Gasteiger partial charge >= 0.3 is 0 Å². The predicted octanol–water partition coefficient (Wildman–Crippen LogP) is 1.11. The highest BCUT2D eigenvalue weighted by Crippen LogP contribution is 2.33. The summed E-state index contributed by atoms with van der Waals surface area (Å²) in [6.07, 6.45) is 3.86. The van der Waals surface area contributed by atoms with Crippen LogP contribution in [0.25, 0.3) is 0 Å². The van der Waals surface area contributed by atoms with Crippen molar-refractivity contribution in [2.75, 3.05) is 13.1 Å². The maximum atomic E-state index is 5.75. The summed E-state index contributed by atoms with van der Waals surface area (Å²) in [5, 5.41) is 3.51. The molecule has 0 bridgehead atoms. The van der Waals surface area contributed by atoms with Gasteiger partial charge in [-0.3, -0.25) is 0 Å². The molecule has 66 valence electrons. The number of likely N-dealkylation sites (N-methyl/N-ethyl adjacent to an activating group) is 1. The molecular weight excluding hydrogens is 136 g/mol. The Balaban J connectivity index is 2.48. The molecule has 2 nitrogen and oxygen atoms in total. The second-order valence-electron chi connectivity index (χ2n) is 3.86. The third-order valence-corrected chi connectivity index (χ3v) is 2.80. The number of hydrogen-bond acceptors (Lipinski definition) is 2. The lowest BCUT2D eigenvalue weighted by molar-refractivity contribution is 0.339. The van der Waals surface area contributed by atoms with Crippen LogP contribution in [0.3, 0.4) is 0 Å². The largest absolute Gasteiger partial charge is 0.329 e. The summed E-state index contributed by atoms with van der Waals surface area (Å²) in [7, 11) is 0. The van der Waals surface area contributed by atoms with E-state index in [1.54, 1.807) is 0 Å². The van der Waals surface area contributed by atoms with Gasteiger partial charge in [0.25, 0.3) is 0 Å². The molecule has 0 aromatic carbocycles. The highest BCUT2D eigenvalue weighted by molar-refractivity contribution is 4.95. The van der Waals surface area contributed by atoms with E-state index in [-0.39, 0.29) is 5.54 Å². The van der Waals surface area contributed by atoms with Gasteiger partial charge < -0.3 is 11.1 Å². The molecule has 0 spiro atoms. The van der Waals surface area contributed by atoms with Crippen molar-refractivity contribution in [1.82, 2.24) is 5.32 Å². The van der Waals surface area contributed by atoms with Crippen LogP contribution in [0.15, 0.2) is 0 Å².